The van der Waals surface area contributed by atoms with Gasteiger partial charge in [-0.15, -0.1) is 10.2 Å². The molecule has 286 valence electrons. The summed E-state index contributed by atoms with van der Waals surface area (Å²) in [4.78, 5) is 6.99. The third-order valence-electron chi connectivity index (χ3n) is 7.40. The fourth-order valence-electron chi connectivity index (χ4n) is 5.21. The van der Waals surface area contributed by atoms with Crippen molar-refractivity contribution >= 4 is 108 Å². The van der Waals surface area contributed by atoms with Crippen LogP contribution in [0.1, 0.15) is 0 Å². The third-order valence-corrected chi connectivity index (χ3v) is 11.2. The number of phenols is 1. The summed E-state index contributed by atoms with van der Waals surface area (Å²) in [5, 5.41) is 22.3. The number of hydrogen-bond donors (Lipinski definition) is 7. The number of aromatic nitrogens is 3. The number of nitrogens with zero attached hydrogens (tertiary/aromatic N) is 5. The topological polar surface area (TPSA) is 325 Å². The Morgan fingerprint density at radius 3 is 1.89 bits per heavy atom. The molecule has 6 rings (SSSR count). The number of phenolic OH excluding ortho intramolecular Hbond substituents is 1. The second kappa shape index (κ2) is 14.0. The molecule has 0 saturated heterocycles. The number of anilines is 4. The summed E-state index contributed by atoms with van der Waals surface area (Å²) in [5.74, 6) is -2.23. The molecule has 6 aromatic rings. The molecule has 5 aromatic carbocycles. The van der Waals surface area contributed by atoms with E-state index in [2.05, 4.69) is 35.8 Å². The summed E-state index contributed by atoms with van der Waals surface area (Å²) in [6.07, 6.45) is -1.37. The van der Waals surface area contributed by atoms with Crippen LogP contribution in [0.3, 0.4) is 0 Å². The van der Waals surface area contributed by atoms with Crippen LogP contribution in [-0.2, 0) is 40.5 Å². The molecule has 0 atom stereocenters. The molecule has 0 aliphatic heterocycles. The lowest BCUT2D eigenvalue weighted by Crippen LogP contribution is -2.07. The van der Waals surface area contributed by atoms with Crippen molar-refractivity contribution in [1.82, 2.24) is 15.0 Å². The molecule has 0 bridgehead atoms. The average molecular weight is 856 g/mol. The van der Waals surface area contributed by atoms with Crippen molar-refractivity contribution in [2.24, 2.45) is 10.2 Å². The molecule has 0 spiro atoms. The van der Waals surface area contributed by atoms with Crippen molar-refractivity contribution < 1.29 is 61.4 Å². The maximum atomic E-state index is 14.6. The van der Waals surface area contributed by atoms with Gasteiger partial charge >= 0.3 is 6.08 Å². The van der Waals surface area contributed by atoms with E-state index >= 15 is 0 Å². The Kier molecular flexibility index (Phi) is 9.95. The minimum Gasteiger partial charge on any atom is -0.505 e. The van der Waals surface area contributed by atoms with Crippen molar-refractivity contribution in [3.8, 4) is 5.75 Å². The Morgan fingerprint density at radius 2 is 1.29 bits per heavy atom. The maximum Gasteiger partial charge on any atom is 0.315 e. The van der Waals surface area contributed by atoms with Gasteiger partial charge in [-0.25, -0.2) is 0 Å². The Hall–Kier alpha value is -5.51. The third kappa shape index (κ3) is 8.28. The second-order valence-corrected chi connectivity index (χ2v) is 17.0. The highest BCUT2D eigenvalue weighted by Gasteiger charge is 2.28. The quantitative estimate of drug-likeness (QED) is 0.0654. The highest BCUT2D eigenvalue weighted by Crippen LogP contribution is 2.46. The second-order valence-electron chi connectivity index (χ2n) is 11.0. The van der Waals surface area contributed by atoms with E-state index in [4.69, 9.17) is 11.6 Å². The van der Waals surface area contributed by atoms with Gasteiger partial charge in [0.15, 0.2) is 5.75 Å². The molecular weight excluding hydrogens is 837 g/mol. The molecule has 55 heavy (non-hydrogen) atoms. The van der Waals surface area contributed by atoms with Gasteiger partial charge in [0.2, 0.25) is 11.9 Å². The molecule has 0 radical (unpaired) electrons. The molecule has 1 heterocycles. The zero-order chi connectivity index (χ0) is 40.2. The average Bonchev–Trinajstić information content (AvgIpc) is 3.06. The summed E-state index contributed by atoms with van der Waals surface area (Å²) in [6.45, 7) is 0. The first-order valence-electron chi connectivity index (χ1n) is 14.4. The molecule has 7 N–H and O–H groups in total. The van der Waals surface area contributed by atoms with E-state index in [0.717, 1.165) is 30.3 Å². The van der Waals surface area contributed by atoms with Crippen molar-refractivity contribution in [2.75, 3.05) is 10.6 Å². The summed E-state index contributed by atoms with van der Waals surface area (Å²) in [5.41, 5.74) is -2.10. The Labute approximate surface area is 313 Å². The van der Waals surface area contributed by atoms with Gasteiger partial charge in [-0.05, 0) is 60.0 Å². The van der Waals surface area contributed by atoms with E-state index in [0.29, 0.717) is 28.9 Å². The fourth-order valence-corrected chi connectivity index (χ4v) is 8.08. The van der Waals surface area contributed by atoms with Crippen molar-refractivity contribution in [3.63, 3.8) is 0 Å². The maximum absolute atomic E-state index is 14.6. The zero-order valence-electron chi connectivity index (χ0n) is 26.6. The molecule has 1 aromatic heterocycles. The minimum atomic E-state index is -5.42. The number of hydrogen-bond acceptors (Lipinski definition) is 16. The van der Waals surface area contributed by atoms with Crippen LogP contribution in [0.4, 0.5) is 39.0 Å². The van der Waals surface area contributed by atoms with Gasteiger partial charge in [-0.2, -0.15) is 53.0 Å². The molecule has 0 saturated carbocycles. The molecule has 0 amide bonds. The van der Waals surface area contributed by atoms with E-state index in [9.17, 15) is 61.4 Å². The Balaban J connectivity index is 1.57. The van der Waals surface area contributed by atoms with E-state index < -0.39 is 122 Å². The van der Waals surface area contributed by atoms with Crippen molar-refractivity contribution in [3.05, 3.63) is 83.9 Å². The number of aromatic hydroxyl groups is 1. The highest BCUT2D eigenvalue weighted by atomic mass is 35.5. The zero-order valence-corrected chi connectivity index (χ0v) is 30.6. The Morgan fingerprint density at radius 1 is 0.655 bits per heavy atom. The van der Waals surface area contributed by atoms with Crippen LogP contribution in [0.2, 0.25) is 5.02 Å². The number of halogens is 2. The van der Waals surface area contributed by atoms with Crippen LogP contribution in [0, 0.1) is 6.08 Å². The van der Waals surface area contributed by atoms with Crippen LogP contribution < -0.4 is 10.6 Å². The molecule has 0 fully saturated rings. The van der Waals surface area contributed by atoms with Gasteiger partial charge in [-0.1, -0.05) is 29.8 Å². The summed E-state index contributed by atoms with van der Waals surface area (Å²) < 4.78 is 153. The number of azo groups is 1. The smallest absolute Gasteiger partial charge is 0.315 e. The summed E-state index contributed by atoms with van der Waals surface area (Å²) >= 11 is 5.88. The number of benzene rings is 5. The lowest BCUT2D eigenvalue weighted by molar-refractivity contribution is 0.472. The van der Waals surface area contributed by atoms with Crippen LogP contribution in [-0.4, -0.2) is 71.9 Å². The van der Waals surface area contributed by atoms with E-state index in [-0.39, 0.29) is 0 Å². The first-order chi connectivity index (χ1) is 25.5. The standard InChI is InChI=1S/C29H19ClFN7O13S4/c30-14-4-6-15(7-5-14)32-28-34-27(31)35-29(36-28)33-20-12-16(52(40,41)42)10-13-11-22(54(46,47)48)24(25(39)23(13)20)38-37-19-9-8-17-18(26(19)55(49,50)51)2-1-3-21(17)53(43,44)45/h1-12,39H,(H,40,41,42)(H,43,44,45)(H,46,47,48)(H,49,50,51)(H2,32,33,34,35,36)/b38-37+. The van der Waals surface area contributed by atoms with E-state index in [1.54, 1.807) is 0 Å². The minimum absolute atomic E-state index is 0.340. The van der Waals surface area contributed by atoms with E-state index in [1.807, 2.05) is 0 Å². The predicted octanol–water partition coefficient (Wildman–Crippen LogP) is 5.57. The monoisotopic (exact) mass is 855 g/mol. The number of nitrogens with one attached hydrogen (secondary N) is 2. The summed E-state index contributed by atoms with van der Waals surface area (Å²) in [7, 11) is -20.8. The molecule has 20 nitrogen and oxygen atoms in total. The largest absolute Gasteiger partial charge is 0.505 e. The summed E-state index contributed by atoms with van der Waals surface area (Å²) in [6, 6.07) is 12.7. The first-order valence-corrected chi connectivity index (χ1v) is 20.6. The molecule has 26 heteroatoms. The lowest BCUT2D eigenvalue weighted by Gasteiger charge is -2.15. The van der Waals surface area contributed by atoms with Gasteiger partial charge in [0.1, 0.15) is 26.1 Å². The van der Waals surface area contributed by atoms with Crippen LogP contribution >= 0.6 is 11.6 Å². The van der Waals surface area contributed by atoms with E-state index in [1.165, 1.54) is 24.3 Å². The van der Waals surface area contributed by atoms with Gasteiger partial charge in [0.25, 0.3) is 40.5 Å². The Bertz CT molecular complexity index is 3080. The fraction of sp³-hybridized carbons (Fsp3) is 0. The highest BCUT2D eigenvalue weighted by molar-refractivity contribution is 7.87. The van der Waals surface area contributed by atoms with Crippen LogP contribution in [0.25, 0.3) is 21.5 Å². The molecular formula is C29H19ClFN7O13S4. The predicted molar refractivity (Wildman–Crippen MR) is 191 cm³/mol. The van der Waals surface area contributed by atoms with Crippen molar-refractivity contribution in [2.45, 2.75) is 19.6 Å². The number of fused-ring (bicyclic) bond motifs is 2. The number of rotatable bonds is 10. The van der Waals surface area contributed by atoms with Crippen LogP contribution in [0.5, 0.6) is 5.75 Å². The first kappa shape index (κ1) is 39.2. The lowest BCUT2D eigenvalue weighted by atomic mass is 10.1. The van der Waals surface area contributed by atoms with Gasteiger partial charge in [0.05, 0.1) is 10.6 Å². The van der Waals surface area contributed by atoms with Crippen molar-refractivity contribution in [1.29, 1.82) is 0 Å². The van der Waals surface area contributed by atoms with Gasteiger partial charge < -0.3 is 15.7 Å². The van der Waals surface area contributed by atoms with Gasteiger partial charge in [-0.3, -0.25) is 18.2 Å². The van der Waals surface area contributed by atoms with Crippen LogP contribution in [0.15, 0.2) is 103 Å². The molecule has 0 aliphatic rings. The molecule has 0 unspecified atom stereocenters. The van der Waals surface area contributed by atoms with Gasteiger partial charge in [0, 0.05) is 26.9 Å². The molecule has 0 aliphatic carbocycles. The SMILES string of the molecule is O=S(=O)(O)c1cc(Nc2nc(F)nc(Nc3ccc(Cl)cc3)n2)c2c(O)c(/N=N/c3ccc4c(S(=O)(=O)O)cccc4c3S(=O)(=O)O)c(S(=O)(=O)O)cc2c1. The normalized spacial score (nSPS) is 12.8.